The van der Waals surface area contributed by atoms with Crippen molar-refractivity contribution in [2.75, 3.05) is 26.2 Å². The van der Waals surface area contributed by atoms with Gasteiger partial charge in [0.2, 0.25) is 0 Å². The van der Waals surface area contributed by atoms with E-state index in [1.165, 1.54) is 12.8 Å². The molecule has 2 N–H and O–H groups in total. The van der Waals surface area contributed by atoms with Gasteiger partial charge in [-0.05, 0) is 31.9 Å². The topological polar surface area (TPSA) is 70.4 Å². The van der Waals surface area contributed by atoms with Crippen molar-refractivity contribution < 1.29 is 9.90 Å². The summed E-state index contributed by atoms with van der Waals surface area (Å²) in [6, 6.07) is 2.00. The molecule has 0 aromatic carbocycles. The number of hydrogen-bond donors (Lipinski definition) is 2. The maximum absolute atomic E-state index is 12.2. The van der Waals surface area contributed by atoms with Crippen LogP contribution in [-0.4, -0.2) is 58.0 Å². The normalized spacial score (nSPS) is 19.6. The molecule has 6 heteroatoms. The van der Waals surface area contributed by atoms with E-state index >= 15 is 0 Å². The number of aliphatic hydroxyl groups is 1. The predicted octanol–water partition coefficient (Wildman–Crippen LogP) is 0.870. The van der Waals surface area contributed by atoms with Gasteiger partial charge in [-0.3, -0.25) is 14.4 Å². The highest BCUT2D eigenvalue weighted by Crippen LogP contribution is 2.15. The number of aliphatic hydroxyl groups excluding tert-OH is 1. The Morgan fingerprint density at radius 3 is 3.10 bits per heavy atom. The van der Waals surface area contributed by atoms with Crippen molar-refractivity contribution in [1.82, 2.24) is 20.0 Å². The molecular weight excluding hydrogens is 268 g/mol. The average molecular weight is 294 g/mol. The number of carbonyl (C=O) groups is 1. The molecule has 1 aliphatic heterocycles. The van der Waals surface area contributed by atoms with Crippen molar-refractivity contribution in [3.05, 3.63) is 18.0 Å². The lowest BCUT2D eigenvalue weighted by molar-refractivity contribution is 0.0844. The quantitative estimate of drug-likeness (QED) is 0.783. The molecule has 1 saturated heterocycles. The van der Waals surface area contributed by atoms with Gasteiger partial charge in [-0.15, -0.1) is 0 Å². The van der Waals surface area contributed by atoms with Gasteiger partial charge < -0.3 is 10.4 Å². The number of hydrogen-bond acceptors (Lipinski definition) is 4. The Labute approximate surface area is 126 Å². The molecule has 1 atom stereocenters. The summed E-state index contributed by atoms with van der Waals surface area (Å²) in [5.41, 5.74) is 0.620. The second-order valence-electron chi connectivity index (χ2n) is 5.56. The van der Waals surface area contributed by atoms with Gasteiger partial charge >= 0.3 is 0 Å². The number of amides is 1. The van der Waals surface area contributed by atoms with Crippen molar-refractivity contribution in [3.8, 4) is 0 Å². The van der Waals surface area contributed by atoms with E-state index in [4.69, 9.17) is 0 Å². The average Bonchev–Trinajstić information content (AvgIpc) is 2.96. The number of carbonyl (C=O) groups excluding carboxylic acids is 1. The van der Waals surface area contributed by atoms with Crippen LogP contribution >= 0.6 is 0 Å². The molecule has 118 valence electrons. The van der Waals surface area contributed by atoms with Crippen molar-refractivity contribution in [2.45, 2.75) is 45.2 Å². The van der Waals surface area contributed by atoms with Gasteiger partial charge in [0.25, 0.3) is 5.91 Å². The molecule has 1 aliphatic rings. The third-order valence-corrected chi connectivity index (χ3v) is 4.03. The Morgan fingerprint density at radius 2 is 2.33 bits per heavy atom. The summed E-state index contributed by atoms with van der Waals surface area (Å²) in [6.45, 7) is 5.43. The van der Waals surface area contributed by atoms with Crippen molar-refractivity contribution in [1.29, 1.82) is 0 Å². The van der Waals surface area contributed by atoms with Crippen LogP contribution in [0.15, 0.2) is 12.3 Å². The summed E-state index contributed by atoms with van der Waals surface area (Å²) in [7, 11) is 0. The zero-order valence-corrected chi connectivity index (χ0v) is 12.8. The third-order valence-electron chi connectivity index (χ3n) is 4.03. The van der Waals surface area contributed by atoms with Gasteiger partial charge in [-0.25, -0.2) is 0 Å². The third kappa shape index (κ3) is 4.28. The molecule has 1 aromatic heterocycles. The van der Waals surface area contributed by atoms with Gasteiger partial charge in [-0.2, -0.15) is 5.10 Å². The second-order valence-corrected chi connectivity index (χ2v) is 5.56. The largest absolute Gasteiger partial charge is 0.395 e. The van der Waals surface area contributed by atoms with E-state index in [1.54, 1.807) is 16.9 Å². The number of likely N-dealkylation sites (tertiary alicyclic amines) is 1. The fourth-order valence-electron chi connectivity index (χ4n) is 2.88. The maximum atomic E-state index is 12.2. The van der Waals surface area contributed by atoms with Crippen LogP contribution in [0.2, 0.25) is 0 Å². The van der Waals surface area contributed by atoms with Crippen molar-refractivity contribution in [2.24, 2.45) is 0 Å². The molecule has 1 fully saturated rings. The van der Waals surface area contributed by atoms with Gasteiger partial charge in [0.05, 0.1) is 6.61 Å². The zero-order valence-electron chi connectivity index (χ0n) is 12.8. The molecule has 0 bridgehead atoms. The predicted molar refractivity (Wildman–Crippen MR) is 81.1 cm³/mol. The standard InChI is InChI=1S/C15H26N4O2/c1-2-9-19-14(6-7-17-19)15(21)16-8-11-18-10-4-3-5-13(18)12-20/h6-7,13,20H,2-5,8-12H2,1H3,(H,16,21)/t13-/m1/s1. The summed E-state index contributed by atoms with van der Waals surface area (Å²) < 4.78 is 1.74. The van der Waals surface area contributed by atoms with Crippen LogP contribution in [-0.2, 0) is 6.54 Å². The monoisotopic (exact) mass is 294 g/mol. The minimum atomic E-state index is -0.0708. The molecule has 1 amide bonds. The first kappa shape index (κ1) is 16.0. The molecule has 0 radical (unpaired) electrons. The number of piperidine rings is 1. The number of rotatable bonds is 7. The molecule has 2 rings (SSSR count). The van der Waals surface area contributed by atoms with E-state index in [1.807, 2.05) is 0 Å². The number of aryl methyl sites for hydroxylation is 1. The van der Waals surface area contributed by atoms with Crippen molar-refractivity contribution in [3.63, 3.8) is 0 Å². The number of aromatic nitrogens is 2. The highest BCUT2D eigenvalue weighted by molar-refractivity contribution is 5.92. The van der Waals surface area contributed by atoms with E-state index in [-0.39, 0.29) is 18.6 Å². The van der Waals surface area contributed by atoms with Crippen LogP contribution in [0.4, 0.5) is 0 Å². The Morgan fingerprint density at radius 1 is 1.48 bits per heavy atom. The van der Waals surface area contributed by atoms with Crippen LogP contribution in [0.5, 0.6) is 0 Å². The van der Waals surface area contributed by atoms with Crippen LogP contribution in [0.3, 0.4) is 0 Å². The maximum Gasteiger partial charge on any atom is 0.269 e. The van der Waals surface area contributed by atoms with Crippen LogP contribution < -0.4 is 5.32 Å². The SMILES string of the molecule is CCCn1nccc1C(=O)NCCN1CCCC[C@@H]1CO. The first-order valence-corrected chi connectivity index (χ1v) is 7.91. The molecule has 0 unspecified atom stereocenters. The Kier molecular flexibility index (Phi) is 6.20. The molecular formula is C15H26N4O2. The molecule has 0 spiro atoms. The summed E-state index contributed by atoms with van der Waals surface area (Å²) >= 11 is 0. The molecule has 2 heterocycles. The van der Waals surface area contributed by atoms with Crippen LogP contribution in [0.1, 0.15) is 43.1 Å². The van der Waals surface area contributed by atoms with E-state index in [2.05, 4.69) is 22.2 Å². The zero-order chi connectivity index (χ0) is 15.1. The van der Waals surface area contributed by atoms with Crippen LogP contribution in [0, 0.1) is 0 Å². The highest BCUT2D eigenvalue weighted by Gasteiger charge is 2.21. The van der Waals surface area contributed by atoms with E-state index in [0.717, 1.165) is 32.5 Å². The number of nitrogens with zero attached hydrogens (tertiary/aromatic N) is 3. The summed E-state index contributed by atoms with van der Waals surface area (Å²) in [5.74, 6) is -0.0708. The van der Waals surface area contributed by atoms with E-state index in [0.29, 0.717) is 12.2 Å². The fourth-order valence-corrected chi connectivity index (χ4v) is 2.88. The smallest absolute Gasteiger partial charge is 0.269 e. The summed E-state index contributed by atoms with van der Waals surface area (Å²) in [6.07, 6.45) is 6.02. The molecule has 21 heavy (non-hydrogen) atoms. The lowest BCUT2D eigenvalue weighted by atomic mass is 10.0. The minimum Gasteiger partial charge on any atom is -0.395 e. The van der Waals surface area contributed by atoms with E-state index in [9.17, 15) is 9.90 Å². The van der Waals surface area contributed by atoms with Crippen molar-refractivity contribution >= 4 is 5.91 Å². The summed E-state index contributed by atoms with van der Waals surface area (Å²) in [4.78, 5) is 14.4. The first-order chi connectivity index (χ1) is 10.3. The van der Waals surface area contributed by atoms with Gasteiger partial charge in [0.15, 0.2) is 0 Å². The Bertz CT molecular complexity index is 447. The molecule has 6 nitrogen and oxygen atoms in total. The van der Waals surface area contributed by atoms with Crippen LogP contribution in [0.25, 0.3) is 0 Å². The molecule has 0 saturated carbocycles. The van der Waals surface area contributed by atoms with Gasteiger partial charge in [-0.1, -0.05) is 13.3 Å². The Hall–Kier alpha value is -1.40. The highest BCUT2D eigenvalue weighted by atomic mass is 16.3. The molecule has 0 aliphatic carbocycles. The fraction of sp³-hybridized carbons (Fsp3) is 0.733. The minimum absolute atomic E-state index is 0.0708. The lowest BCUT2D eigenvalue weighted by Crippen LogP contribution is -2.45. The lowest BCUT2D eigenvalue weighted by Gasteiger charge is -2.34. The number of nitrogens with one attached hydrogen (secondary N) is 1. The Balaban J connectivity index is 1.79. The van der Waals surface area contributed by atoms with Gasteiger partial charge in [0, 0.05) is 31.9 Å². The summed E-state index contributed by atoms with van der Waals surface area (Å²) in [5, 5.41) is 16.5. The van der Waals surface area contributed by atoms with E-state index < -0.39 is 0 Å². The molecule has 1 aromatic rings. The second kappa shape index (κ2) is 8.14. The van der Waals surface area contributed by atoms with Gasteiger partial charge in [0.1, 0.15) is 5.69 Å². The first-order valence-electron chi connectivity index (χ1n) is 7.91.